The molecule has 2 aromatic carbocycles. The molecule has 0 saturated carbocycles. The first-order chi connectivity index (χ1) is 15.5. The van der Waals surface area contributed by atoms with Crippen LogP contribution in [0.25, 0.3) is 6.08 Å². The molecule has 0 fully saturated rings. The Balaban J connectivity index is 1.61. The number of esters is 1. The number of carbonyl (C=O) groups excluding carboxylic acids is 1. The first-order valence-electron chi connectivity index (χ1n) is 9.99. The number of rotatable bonds is 6. The normalized spacial score (nSPS) is 12.4. The van der Waals surface area contributed by atoms with Crippen LogP contribution in [-0.2, 0) is 29.7 Å². The van der Waals surface area contributed by atoms with E-state index in [2.05, 4.69) is 0 Å². The third kappa shape index (κ3) is 4.20. The smallest absolute Gasteiger partial charge is 0.337 e. The molecule has 1 aliphatic heterocycles. The van der Waals surface area contributed by atoms with E-state index in [1.807, 2.05) is 36.4 Å². The van der Waals surface area contributed by atoms with Crippen molar-refractivity contribution < 1.29 is 19.0 Å². The lowest BCUT2D eigenvalue weighted by Crippen LogP contribution is -2.42. The minimum Gasteiger partial charge on any atom is -0.497 e. The van der Waals surface area contributed by atoms with Gasteiger partial charge in [0.15, 0.2) is 0 Å². The number of nitrogens with zero attached hydrogens (tertiary/aromatic N) is 2. The summed E-state index contributed by atoms with van der Waals surface area (Å²) in [7, 11) is 3.09. The van der Waals surface area contributed by atoms with Crippen LogP contribution >= 0.6 is 0 Å². The van der Waals surface area contributed by atoms with Crippen molar-refractivity contribution in [1.82, 2.24) is 9.13 Å². The third-order valence-corrected chi connectivity index (χ3v) is 5.16. The second kappa shape index (κ2) is 8.97. The van der Waals surface area contributed by atoms with E-state index in [-0.39, 0.29) is 36.8 Å². The Kier molecular flexibility index (Phi) is 5.93. The van der Waals surface area contributed by atoms with Gasteiger partial charge in [-0.25, -0.2) is 9.59 Å². The molecule has 0 amide bonds. The highest BCUT2D eigenvalue weighted by Gasteiger charge is 2.25. The average molecular weight is 434 g/mol. The minimum absolute atomic E-state index is 0.0474. The number of hydrogen-bond acceptors (Lipinski definition) is 6. The van der Waals surface area contributed by atoms with Crippen LogP contribution in [0.15, 0.2) is 69.8 Å². The lowest BCUT2D eigenvalue weighted by molar-refractivity contribution is -0.140. The van der Waals surface area contributed by atoms with Crippen molar-refractivity contribution in [1.29, 1.82) is 0 Å². The molecule has 2 heterocycles. The highest BCUT2D eigenvalue weighted by molar-refractivity contribution is 5.95. The Morgan fingerprint density at radius 3 is 2.56 bits per heavy atom. The van der Waals surface area contributed by atoms with E-state index in [1.165, 1.54) is 17.7 Å². The van der Waals surface area contributed by atoms with Crippen molar-refractivity contribution in [2.45, 2.75) is 13.2 Å². The van der Waals surface area contributed by atoms with Crippen LogP contribution in [0.4, 0.5) is 0 Å². The molecule has 164 valence electrons. The van der Waals surface area contributed by atoms with Gasteiger partial charge in [-0.3, -0.25) is 13.9 Å². The van der Waals surface area contributed by atoms with Gasteiger partial charge >= 0.3 is 11.7 Å². The molecule has 0 atom stereocenters. The van der Waals surface area contributed by atoms with E-state index in [4.69, 9.17) is 14.2 Å². The van der Waals surface area contributed by atoms with Crippen molar-refractivity contribution >= 4 is 12.0 Å². The standard InChI is InChI=1S/C24H22N2O6/c1-25-22-20(21(27)26(24(25)29)13-16-7-4-3-5-8-16)12-18(15-31-22)23(28)32-14-17-9-6-10-19(11-17)30-2/h3-12H,13-15H2,1-2H3. The largest absolute Gasteiger partial charge is 0.497 e. The number of carbonyl (C=O) groups is 1. The van der Waals surface area contributed by atoms with Crippen LogP contribution in [0.1, 0.15) is 16.7 Å². The molecule has 1 aliphatic rings. The maximum Gasteiger partial charge on any atom is 0.337 e. The van der Waals surface area contributed by atoms with Gasteiger partial charge in [0.05, 0.1) is 19.2 Å². The van der Waals surface area contributed by atoms with Crippen molar-refractivity contribution in [2.75, 3.05) is 13.7 Å². The summed E-state index contributed by atoms with van der Waals surface area (Å²) in [6.07, 6.45) is 1.44. The molecule has 32 heavy (non-hydrogen) atoms. The van der Waals surface area contributed by atoms with Crippen LogP contribution in [-0.4, -0.2) is 28.8 Å². The minimum atomic E-state index is -0.596. The van der Waals surface area contributed by atoms with Crippen LogP contribution in [0, 0.1) is 0 Å². The van der Waals surface area contributed by atoms with E-state index in [0.29, 0.717) is 5.75 Å². The fourth-order valence-corrected chi connectivity index (χ4v) is 3.46. The molecule has 1 aromatic heterocycles. The molecule has 8 nitrogen and oxygen atoms in total. The predicted octanol–water partition coefficient (Wildman–Crippen LogP) is 2.12. The van der Waals surface area contributed by atoms with Gasteiger partial charge in [-0.15, -0.1) is 0 Å². The van der Waals surface area contributed by atoms with Crippen LogP contribution in [0.5, 0.6) is 11.6 Å². The van der Waals surface area contributed by atoms with E-state index in [9.17, 15) is 14.4 Å². The van der Waals surface area contributed by atoms with Crippen molar-refractivity contribution in [3.63, 3.8) is 0 Å². The molecule has 0 unspecified atom stereocenters. The molecule has 0 spiro atoms. The highest BCUT2D eigenvalue weighted by atomic mass is 16.5. The monoisotopic (exact) mass is 434 g/mol. The van der Waals surface area contributed by atoms with Gasteiger partial charge < -0.3 is 14.2 Å². The topological polar surface area (TPSA) is 88.8 Å². The number of aromatic nitrogens is 2. The van der Waals surface area contributed by atoms with E-state index in [0.717, 1.165) is 15.7 Å². The van der Waals surface area contributed by atoms with Crippen molar-refractivity contribution in [3.8, 4) is 11.6 Å². The third-order valence-electron chi connectivity index (χ3n) is 5.16. The SMILES string of the molecule is COc1cccc(COC(=O)C2=Cc3c(n(C)c(=O)n(Cc4ccccc4)c3=O)OC2)c1. The fourth-order valence-electron chi connectivity index (χ4n) is 3.46. The lowest BCUT2D eigenvalue weighted by atomic mass is 10.1. The zero-order chi connectivity index (χ0) is 22.7. The Morgan fingerprint density at radius 2 is 1.81 bits per heavy atom. The quantitative estimate of drug-likeness (QED) is 0.553. The second-order valence-corrected chi connectivity index (χ2v) is 7.32. The molecule has 0 aliphatic carbocycles. The summed E-state index contributed by atoms with van der Waals surface area (Å²) < 4.78 is 18.5. The summed E-state index contributed by atoms with van der Waals surface area (Å²) in [4.78, 5) is 38.4. The Labute approximate surface area is 183 Å². The van der Waals surface area contributed by atoms with Crippen molar-refractivity contribution in [3.05, 3.63) is 97.7 Å². The maximum atomic E-state index is 13.1. The van der Waals surface area contributed by atoms with Gasteiger partial charge in [-0.2, -0.15) is 0 Å². The van der Waals surface area contributed by atoms with Crippen LogP contribution < -0.4 is 20.7 Å². The molecular weight excluding hydrogens is 412 g/mol. The molecule has 4 rings (SSSR count). The van der Waals surface area contributed by atoms with Gasteiger partial charge in [0.25, 0.3) is 5.56 Å². The zero-order valence-electron chi connectivity index (χ0n) is 17.7. The number of fused-ring (bicyclic) bond motifs is 1. The van der Waals surface area contributed by atoms with Crippen LogP contribution in [0.3, 0.4) is 0 Å². The fraction of sp³-hybridized carbons (Fsp3) is 0.208. The highest BCUT2D eigenvalue weighted by Crippen LogP contribution is 2.23. The molecule has 0 radical (unpaired) electrons. The summed E-state index contributed by atoms with van der Waals surface area (Å²) in [6, 6.07) is 16.4. The van der Waals surface area contributed by atoms with Crippen molar-refractivity contribution in [2.24, 2.45) is 7.05 Å². The number of methoxy groups -OCH3 is 1. The summed E-state index contributed by atoms with van der Waals surface area (Å²) >= 11 is 0. The summed E-state index contributed by atoms with van der Waals surface area (Å²) in [5, 5.41) is 0. The molecular formula is C24H22N2O6. The predicted molar refractivity (Wildman–Crippen MR) is 118 cm³/mol. The maximum absolute atomic E-state index is 13.1. The average Bonchev–Trinajstić information content (AvgIpc) is 2.84. The van der Waals surface area contributed by atoms with E-state index < -0.39 is 17.2 Å². The first-order valence-corrected chi connectivity index (χ1v) is 9.99. The molecule has 0 saturated heterocycles. The summed E-state index contributed by atoms with van der Waals surface area (Å²) in [5.74, 6) is 0.197. The molecule has 8 heteroatoms. The Morgan fingerprint density at radius 1 is 1.06 bits per heavy atom. The van der Waals surface area contributed by atoms with Gasteiger partial charge in [-0.05, 0) is 29.3 Å². The summed E-state index contributed by atoms with van der Waals surface area (Å²) in [6.45, 7) is 0.0637. The zero-order valence-corrected chi connectivity index (χ0v) is 17.7. The first kappa shape index (κ1) is 21.2. The molecule has 3 aromatic rings. The Hall–Kier alpha value is -4.07. The number of hydrogen-bond donors (Lipinski definition) is 0. The van der Waals surface area contributed by atoms with Gasteiger partial charge in [0, 0.05) is 7.05 Å². The van der Waals surface area contributed by atoms with Crippen LogP contribution in [0.2, 0.25) is 0 Å². The van der Waals surface area contributed by atoms with E-state index >= 15 is 0 Å². The lowest BCUT2D eigenvalue weighted by Gasteiger charge is -2.20. The summed E-state index contributed by atoms with van der Waals surface area (Å²) in [5.41, 5.74) is 0.901. The second-order valence-electron chi connectivity index (χ2n) is 7.32. The van der Waals surface area contributed by atoms with E-state index in [1.54, 1.807) is 25.3 Å². The number of benzene rings is 2. The molecule has 0 bridgehead atoms. The van der Waals surface area contributed by atoms with Gasteiger partial charge in [0.2, 0.25) is 5.88 Å². The number of ether oxygens (including phenoxy) is 3. The Bertz CT molecular complexity index is 1300. The van der Waals surface area contributed by atoms with Gasteiger partial charge in [0.1, 0.15) is 24.5 Å². The van der Waals surface area contributed by atoms with Gasteiger partial charge in [-0.1, -0.05) is 42.5 Å². The molecule has 0 N–H and O–H groups in total.